The number of nitrogens with zero attached hydrogens (tertiary/aromatic N) is 4. The van der Waals surface area contributed by atoms with E-state index in [0.717, 1.165) is 20.0 Å². The second-order valence-electron chi connectivity index (χ2n) is 2.65. The fraction of sp³-hybridized carbons (Fsp3) is 0.250. The summed E-state index contributed by atoms with van der Waals surface area (Å²) < 4.78 is 0. The van der Waals surface area contributed by atoms with E-state index in [-0.39, 0.29) is 0 Å². The number of aryl methyl sites for hydroxylation is 2. The van der Waals surface area contributed by atoms with Crippen molar-refractivity contribution in [3.8, 4) is 0 Å². The minimum Gasteiger partial charge on any atom is -0.144 e. The molecule has 0 saturated heterocycles. The van der Waals surface area contributed by atoms with Crippen molar-refractivity contribution in [2.24, 2.45) is 0 Å². The van der Waals surface area contributed by atoms with Crippen molar-refractivity contribution in [3.05, 3.63) is 20.0 Å². The highest BCUT2D eigenvalue weighted by Crippen LogP contribution is 2.14. The van der Waals surface area contributed by atoms with Gasteiger partial charge in [-0.05, 0) is 26.0 Å². The fourth-order valence-electron chi connectivity index (χ4n) is 0.901. The Hall–Kier alpha value is -1.14. The monoisotopic (exact) mass is 224 g/mol. The van der Waals surface area contributed by atoms with E-state index in [1.165, 1.54) is 0 Å². The van der Waals surface area contributed by atoms with Gasteiger partial charge in [0.25, 0.3) is 0 Å². The predicted molar refractivity (Wildman–Crippen MR) is 58.2 cm³/mol. The minimum absolute atomic E-state index is 0.898. The molecule has 2 aromatic heterocycles. The first-order chi connectivity index (χ1) is 6.74. The number of hydrogen-bond donors (Lipinski definition) is 0. The first-order valence-electron chi connectivity index (χ1n) is 4.02. The van der Waals surface area contributed by atoms with Gasteiger partial charge in [-0.15, -0.1) is 20.4 Å². The molecular formula is C8H8N4S2. The molecule has 0 saturated carbocycles. The van der Waals surface area contributed by atoms with Crippen molar-refractivity contribution < 1.29 is 0 Å². The molecule has 2 rings (SSSR count). The molecule has 0 amide bonds. The van der Waals surface area contributed by atoms with Crippen LogP contribution in [0.3, 0.4) is 0 Å². The second-order valence-corrected chi connectivity index (χ2v) is 5.08. The molecule has 2 heterocycles. The van der Waals surface area contributed by atoms with E-state index in [1.54, 1.807) is 22.7 Å². The first kappa shape index (κ1) is 9.42. The van der Waals surface area contributed by atoms with E-state index in [4.69, 9.17) is 0 Å². The lowest BCUT2D eigenvalue weighted by Gasteiger charge is -1.78. The molecule has 0 atom stereocenters. The summed E-state index contributed by atoms with van der Waals surface area (Å²) in [5.74, 6) is 0. The van der Waals surface area contributed by atoms with Crippen LogP contribution in [0.25, 0.3) is 12.2 Å². The lowest BCUT2D eigenvalue weighted by molar-refractivity contribution is 1.04. The molecule has 0 aliphatic carbocycles. The number of hydrogen-bond acceptors (Lipinski definition) is 6. The molecular weight excluding hydrogens is 216 g/mol. The normalized spacial score (nSPS) is 11.3. The highest BCUT2D eigenvalue weighted by atomic mass is 32.1. The van der Waals surface area contributed by atoms with Crippen LogP contribution in [-0.2, 0) is 0 Å². The molecule has 14 heavy (non-hydrogen) atoms. The molecule has 6 heteroatoms. The van der Waals surface area contributed by atoms with Crippen molar-refractivity contribution in [1.29, 1.82) is 0 Å². The van der Waals surface area contributed by atoms with Crippen LogP contribution in [0, 0.1) is 13.8 Å². The molecule has 2 aromatic rings. The topological polar surface area (TPSA) is 51.6 Å². The SMILES string of the molecule is Cc1nnc(/C=C/c2nnc(C)s2)s1. The largest absolute Gasteiger partial charge is 0.144 e. The zero-order valence-electron chi connectivity index (χ0n) is 7.76. The molecule has 0 bridgehead atoms. The molecule has 0 spiro atoms. The summed E-state index contributed by atoms with van der Waals surface area (Å²) in [4.78, 5) is 0. The van der Waals surface area contributed by atoms with E-state index >= 15 is 0 Å². The molecule has 4 nitrogen and oxygen atoms in total. The summed E-state index contributed by atoms with van der Waals surface area (Å²) in [5.41, 5.74) is 0. The lowest BCUT2D eigenvalue weighted by atomic mass is 10.5. The van der Waals surface area contributed by atoms with Gasteiger partial charge in [-0.25, -0.2) is 0 Å². The van der Waals surface area contributed by atoms with Gasteiger partial charge in [0.05, 0.1) is 0 Å². The second kappa shape index (κ2) is 3.93. The average Bonchev–Trinajstić information content (AvgIpc) is 2.72. The van der Waals surface area contributed by atoms with Gasteiger partial charge in [0, 0.05) is 0 Å². The summed E-state index contributed by atoms with van der Waals surface area (Å²) in [5, 5.41) is 19.5. The summed E-state index contributed by atoms with van der Waals surface area (Å²) in [7, 11) is 0. The molecule has 72 valence electrons. The Morgan fingerprint density at radius 2 is 1.21 bits per heavy atom. The Balaban J connectivity index is 2.14. The average molecular weight is 224 g/mol. The van der Waals surface area contributed by atoms with Crippen molar-refractivity contribution in [2.75, 3.05) is 0 Å². The standard InChI is InChI=1S/C8H8N4S2/c1-5-9-11-7(13-5)3-4-8-12-10-6(2)14-8/h3-4H,1-2H3/b4-3+. The van der Waals surface area contributed by atoms with E-state index < -0.39 is 0 Å². The Kier molecular flexibility index (Phi) is 2.64. The van der Waals surface area contributed by atoms with Crippen LogP contribution in [0.2, 0.25) is 0 Å². The van der Waals surface area contributed by atoms with Gasteiger partial charge < -0.3 is 0 Å². The van der Waals surface area contributed by atoms with Gasteiger partial charge in [0.2, 0.25) is 0 Å². The maximum absolute atomic E-state index is 3.98. The third-order valence-electron chi connectivity index (χ3n) is 1.45. The summed E-state index contributed by atoms with van der Waals surface area (Å²) in [6.45, 7) is 3.87. The Labute approximate surface area is 89.4 Å². The van der Waals surface area contributed by atoms with Crippen LogP contribution in [0.5, 0.6) is 0 Å². The Bertz CT molecular complexity index is 415. The molecule has 0 aliphatic rings. The molecule has 0 fully saturated rings. The summed E-state index contributed by atoms with van der Waals surface area (Å²) >= 11 is 3.12. The predicted octanol–water partition coefficient (Wildman–Crippen LogP) is 2.18. The third kappa shape index (κ3) is 2.21. The zero-order valence-corrected chi connectivity index (χ0v) is 9.39. The Morgan fingerprint density at radius 1 is 0.786 bits per heavy atom. The minimum atomic E-state index is 0.898. The van der Waals surface area contributed by atoms with E-state index in [0.29, 0.717) is 0 Å². The van der Waals surface area contributed by atoms with Gasteiger partial charge in [0.15, 0.2) is 0 Å². The highest BCUT2D eigenvalue weighted by molar-refractivity contribution is 7.12. The van der Waals surface area contributed by atoms with Crippen molar-refractivity contribution >= 4 is 34.8 Å². The Morgan fingerprint density at radius 3 is 1.50 bits per heavy atom. The number of rotatable bonds is 2. The molecule has 0 radical (unpaired) electrons. The van der Waals surface area contributed by atoms with Crippen molar-refractivity contribution in [2.45, 2.75) is 13.8 Å². The quantitative estimate of drug-likeness (QED) is 0.784. The smallest absolute Gasteiger partial charge is 0.140 e. The van der Waals surface area contributed by atoms with Crippen molar-refractivity contribution in [1.82, 2.24) is 20.4 Å². The van der Waals surface area contributed by atoms with Gasteiger partial charge in [0.1, 0.15) is 20.0 Å². The van der Waals surface area contributed by atoms with Crippen LogP contribution in [0.1, 0.15) is 20.0 Å². The van der Waals surface area contributed by atoms with Crippen molar-refractivity contribution in [3.63, 3.8) is 0 Å². The first-order valence-corrected chi connectivity index (χ1v) is 5.65. The fourth-order valence-corrected chi connectivity index (χ4v) is 2.11. The molecule has 0 N–H and O–H groups in total. The van der Waals surface area contributed by atoms with Crippen LogP contribution in [0.4, 0.5) is 0 Å². The van der Waals surface area contributed by atoms with Gasteiger partial charge in [-0.2, -0.15) is 0 Å². The summed E-state index contributed by atoms with van der Waals surface area (Å²) in [6, 6.07) is 0. The van der Waals surface area contributed by atoms with E-state index in [2.05, 4.69) is 20.4 Å². The van der Waals surface area contributed by atoms with Crippen LogP contribution in [-0.4, -0.2) is 20.4 Å². The lowest BCUT2D eigenvalue weighted by Crippen LogP contribution is -1.72. The van der Waals surface area contributed by atoms with Gasteiger partial charge >= 0.3 is 0 Å². The van der Waals surface area contributed by atoms with E-state index in [1.807, 2.05) is 26.0 Å². The zero-order chi connectivity index (χ0) is 9.97. The number of aromatic nitrogens is 4. The molecule has 0 aliphatic heterocycles. The van der Waals surface area contributed by atoms with Crippen LogP contribution < -0.4 is 0 Å². The third-order valence-corrected chi connectivity index (χ3v) is 3.06. The van der Waals surface area contributed by atoms with Gasteiger partial charge in [-0.3, -0.25) is 0 Å². The van der Waals surface area contributed by atoms with E-state index in [9.17, 15) is 0 Å². The maximum atomic E-state index is 3.98. The summed E-state index contributed by atoms with van der Waals surface area (Å²) in [6.07, 6.45) is 3.81. The highest BCUT2D eigenvalue weighted by Gasteiger charge is 1.97. The van der Waals surface area contributed by atoms with Crippen LogP contribution in [0.15, 0.2) is 0 Å². The molecule has 0 aromatic carbocycles. The maximum Gasteiger partial charge on any atom is 0.140 e. The van der Waals surface area contributed by atoms with Gasteiger partial charge in [-0.1, -0.05) is 22.7 Å². The molecule has 0 unspecified atom stereocenters. The van der Waals surface area contributed by atoms with Crippen LogP contribution >= 0.6 is 22.7 Å².